The average Bonchev–Trinajstić information content (AvgIpc) is 3.22. The maximum absolute atomic E-state index is 12.9. The molecule has 0 bridgehead atoms. The normalized spacial score (nSPS) is 17.9. The Morgan fingerprint density at radius 2 is 1.86 bits per heavy atom. The van der Waals surface area contributed by atoms with Gasteiger partial charge in [-0.1, -0.05) is 12.1 Å². The number of esters is 1. The van der Waals surface area contributed by atoms with Crippen LogP contribution in [0, 0.1) is 0 Å². The van der Waals surface area contributed by atoms with Crippen molar-refractivity contribution >= 4 is 23.4 Å². The highest BCUT2D eigenvalue weighted by molar-refractivity contribution is 5.97. The van der Waals surface area contributed by atoms with Crippen LogP contribution in [0.4, 0.5) is 11.5 Å². The molecule has 0 radical (unpaired) electrons. The molecule has 0 atom stereocenters. The van der Waals surface area contributed by atoms with E-state index in [0.717, 1.165) is 0 Å². The number of carbonyl (C=O) groups excluding carboxylic acids is 2. The fourth-order valence-corrected chi connectivity index (χ4v) is 3.56. The topological polar surface area (TPSA) is 103 Å². The van der Waals surface area contributed by atoms with Gasteiger partial charge in [0.15, 0.2) is 5.79 Å². The Labute approximate surface area is 168 Å². The van der Waals surface area contributed by atoms with Gasteiger partial charge in [-0.3, -0.25) is 4.79 Å². The van der Waals surface area contributed by atoms with Crippen LogP contribution in [0.25, 0.3) is 0 Å². The number of nitrogens with one attached hydrogen (secondary N) is 1. The first-order valence-electron chi connectivity index (χ1n) is 9.44. The summed E-state index contributed by atoms with van der Waals surface area (Å²) in [4.78, 5) is 34.8. The molecule has 3 heterocycles. The molecule has 2 saturated heterocycles. The summed E-state index contributed by atoms with van der Waals surface area (Å²) in [6, 6.07) is 8.50. The molecule has 2 aliphatic heterocycles. The lowest BCUT2D eigenvalue weighted by atomic mass is 10.0. The summed E-state index contributed by atoms with van der Waals surface area (Å²) in [6.45, 7) is 2.28. The van der Waals surface area contributed by atoms with Crippen LogP contribution in [0.2, 0.25) is 0 Å². The van der Waals surface area contributed by atoms with Crippen LogP contribution < -0.4 is 5.32 Å². The Balaban J connectivity index is 1.47. The number of hydrogen-bond acceptors (Lipinski definition) is 8. The minimum atomic E-state index is -0.535. The second kappa shape index (κ2) is 8.14. The van der Waals surface area contributed by atoms with E-state index in [-0.39, 0.29) is 11.6 Å². The number of para-hydroxylation sites is 1. The van der Waals surface area contributed by atoms with Crippen LogP contribution in [0.15, 0.2) is 36.7 Å². The number of anilines is 2. The highest BCUT2D eigenvalue weighted by Gasteiger charge is 2.41. The van der Waals surface area contributed by atoms with Gasteiger partial charge < -0.3 is 24.4 Å². The average molecular weight is 398 g/mol. The SMILES string of the molecule is COC(=O)c1ccccc1Nc1cc(C(=O)N2CCC3(CC2)OCCO3)ncn1. The number of amides is 1. The molecular weight excluding hydrogens is 376 g/mol. The molecule has 1 N–H and O–H groups in total. The zero-order valence-corrected chi connectivity index (χ0v) is 16.1. The summed E-state index contributed by atoms with van der Waals surface area (Å²) in [7, 11) is 1.32. The summed E-state index contributed by atoms with van der Waals surface area (Å²) in [5.41, 5.74) is 1.19. The summed E-state index contributed by atoms with van der Waals surface area (Å²) in [5, 5.41) is 3.06. The van der Waals surface area contributed by atoms with Crippen LogP contribution in [-0.2, 0) is 14.2 Å². The van der Waals surface area contributed by atoms with Crippen LogP contribution in [0.5, 0.6) is 0 Å². The monoisotopic (exact) mass is 398 g/mol. The minimum absolute atomic E-state index is 0.176. The number of rotatable bonds is 4. The summed E-state index contributed by atoms with van der Waals surface area (Å²) in [5.74, 6) is -0.760. The van der Waals surface area contributed by atoms with Crippen molar-refractivity contribution in [1.82, 2.24) is 14.9 Å². The molecule has 2 fully saturated rings. The molecule has 2 aromatic rings. The molecule has 0 saturated carbocycles. The third kappa shape index (κ3) is 4.06. The number of methoxy groups -OCH3 is 1. The highest BCUT2D eigenvalue weighted by atomic mass is 16.7. The van der Waals surface area contributed by atoms with E-state index >= 15 is 0 Å². The number of ether oxygens (including phenoxy) is 3. The van der Waals surface area contributed by atoms with E-state index in [0.29, 0.717) is 56.2 Å². The first-order valence-corrected chi connectivity index (χ1v) is 9.44. The van der Waals surface area contributed by atoms with Gasteiger partial charge in [-0.05, 0) is 12.1 Å². The van der Waals surface area contributed by atoms with E-state index in [4.69, 9.17) is 14.2 Å². The zero-order chi connectivity index (χ0) is 20.3. The molecule has 9 heteroatoms. The number of piperidine rings is 1. The molecule has 1 amide bonds. The van der Waals surface area contributed by atoms with Gasteiger partial charge in [-0.2, -0.15) is 0 Å². The van der Waals surface area contributed by atoms with Gasteiger partial charge in [0.05, 0.1) is 31.6 Å². The van der Waals surface area contributed by atoms with Crippen molar-refractivity contribution in [2.45, 2.75) is 18.6 Å². The summed E-state index contributed by atoms with van der Waals surface area (Å²) in [6.07, 6.45) is 2.60. The molecule has 9 nitrogen and oxygen atoms in total. The molecular formula is C20H22N4O5. The summed E-state index contributed by atoms with van der Waals surface area (Å²) >= 11 is 0. The highest BCUT2D eigenvalue weighted by Crippen LogP contribution is 2.31. The van der Waals surface area contributed by atoms with Crippen LogP contribution in [0.1, 0.15) is 33.7 Å². The third-order valence-corrected chi connectivity index (χ3v) is 5.11. The van der Waals surface area contributed by atoms with E-state index < -0.39 is 11.8 Å². The molecule has 0 unspecified atom stereocenters. The first kappa shape index (κ1) is 19.3. The predicted molar refractivity (Wildman–Crippen MR) is 103 cm³/mol. The lowest BCUT2D eigenvalue weighted by Gasteiger charge is -2.37. The lowest BCUT2D eigenvalue weighted by molar-refractivity contribution is -0.181. The molecule has 152 valence electrons. The molecule has 0 aliphatic carbocycles. The van der Waals surface area contributed by atoms with E-state index in [1.54, 1.807) is 35.2 Å². The molecule has 4 rings (SSSR count). The Morgan fingerprint density at radius 3 is 2.59 bits per heavy atom. The van der Waals surface area contributed by atoms with Crippen LogP contribution in [-0.4, -0.2) is 65.9 Å². The fourth-order valence-electron chi connectivity index (χ4n) is 3.56. The van der Waals surface area contributed by atoms with E-state index in [9.17, 15) is 9.59 Å². The number of aromatic nitrogens is 2. The third-order valence-electron chi connectivity index (χ3n) is 5.11. The van der Waals surface area contributed by atoms with Crippen molar-refractivity contribution < 1.29 is 23.8 Å². The van der Waals surface area contributed by atoms with Gasteiger partial charge in [0, 0.05) is 32.0 Å². The van der Waals surface area contributed by atoms with Gasteiger partial charge >= 0.3 is 5.97 Å². The number of hydrogen-bond donors (Lipinski definition) is 1. The molecule has 1 aromatic heterocycles. The standard InChI is InChI=1S/C20H22N4O5/c1-27-19(26)14-4-2-3-5-15(14)23-17-12-16(21-13-22-17)18(25)24-8-6-20(7-9-24)28-10-11-29-20/h2-5,12-13H,6-11H2,1H3,(H,21,22,23). The number of likely N-dealkylation sites (tertiary alicyclic amines) is 1. The minimum Gasteiger partial charge on any atom is -0.465 e. The second-order valence-corrected chi connectivity index (χ2v) is 6.85. The van der Waals surface area contributed by atoms with Gasteiger partial charge in [0.1, 0.15) is 17.8 Å². The Kier molecular flexibility index (Phi) is 5.41. The number of benzene rings is 1. The van der Waals surface area contributed by atoms with Crippen molar-refractivity contribution in [3.8, 4) is 0 Å². The van der Waals surface area contributed by atoms with Crippen molar-refractivity contribution in [2.24, 2.45) is 0 Å². The van der Waals surface area contributed by atoms with Gasteiger partial charge in [-0.25, -0.2) is 14.8 Å². The van der Waals surface area contributed by atoms with E-state index in [1.807, 2.05) is 0 Å². The van der Waals surface area contributed by atoms with Crippen molar-refractivity contribution in [2.75, 3.05) is 38.7 Å². The predicted octanol–water partition coefficient (Wildman–Crippen LogP) is 1.99. The molecule has 29 heavy (non-hydrogen) atoms. The first-order chi connectivity index (χ1) is 14.1. The van der Waals surface area contributed by atoms with Crippen LogP contribution >= 0.6 is 0 Å². The largest absolute Gasteiger partial charge is 0.465 e. The smallest absolute Gasteiger partial charge is 0.339 e. The summed E-state index contributed by atoms with van der Waals surface area (Å²) < 4.78 is 16.2. The quantitative estimate of drug-likeness (QED) is 0.780. The molecule has 2 aliphatic rings. The maximum Gasteiger partial charge on any atom is 0.339 e. The Bertz CT molecular complexity index is 903. The number of nitrogens with zero attached hydrogens (tertiary/aromatic N) is 3. The molecule has 1 aromatic carbocycles. The van der Waals surface area contributed by atoms with Gasteiger partial charge in [0.25, 0.3) is 5.91 Å². The molecule has 1 spiro atoms. The number of carbonyl (C=O) groups is 2. The zero-order valence-electron chi connectivity index (χ0n) is 16.1. The van der Waals surface area contributed by atoms with Crippen molar-refractivity contribution in [3.63, 3.8) is 0 Å². The van der Waals surface area contributed by atoms with E-state index in [2.05, 4.69) is 15.3 Å². The van der Waals surface area contributed by atoms with Gasteiger partial charge in [0.2, 0.25) is 0 Å². The maximum atomic E-state index is 12.9. The fraction of sp³-hybridized carbons (Fsp3) is 0.400. The Morgan fingerprint density at radius 1 is 1.14 bits per heavy atom. The van der Waals surface area contributed by atoms with E-state index in [1.165, 1.54) is 13.4 Å². The van der Waals surface area contributed by atoms with Crippen LogP contribution in [0.3, 0.4) is 0 Å². The second-order valence-electron chi connectivity index (χ2n) is 6.85. The van der Waals surface area contributed by atoms with Crippen molar-refractivity contribution in [3.05, 3.63) is 47.9 Å². The Hall–Kier alpha value is -3.04. The lowest BCUT2D eigenvalue weighted by Crippen LogP contribution is -2.47. The van der Waals surface area contributed by atoms with Gasteiger partial charge in [-0.15, -0.1) is 0 Å². The van der Waals surface area contributed by atoms with Crippen molar-refractivity contribution in [1.29, 1.82) is 0 Å².